The van der Waals surface area contributed by atoms with Crippen LogP contribution in [0.25, 0.3) is 0 Å². The van der Waals surface area contributed by atoms with Crippen molar-refractivity contribution in [2.45, 2.75) is 28.5 Å². The van der Waals surface area contributed by atoms with Crippen LogP contribution in [0.2, 0.25) is 0 Å². The fourth-order valence-corrected chi connectivity index (χ4v) is 6.27. The Morgan fingerprint density at radius 1 is 1.07 bits per heavy atom. The number of non-ortho nitro benzene ring substituents is 1. The number of hydrogen-bond acceptors (Lipinski definition) is 6. The topological polar surface area (TPSA) is 121 Å². The Hall–Kier alpha value is -2.63. The molecule has 2 aromatic rings. The van der Waals surface area contributed by atoms with Crippen molar-refractivity contribution in [3.8, 4) is 0 Å². The Bertz CT molecular complexity index is 1080. The van der Waals surface area contributed by atoms with Gasteiger partial charge in [-0.15, -0.1) is 0 Å². The fraction of sp³-hybridized carbons (Fsp3) is 0.316. The zero-order chi connectivity index (χ0) is 22.1. The van der Waals surface area contributed by atoms with Gasteiger partial charge in [-0.1, -0.05) is 17.8 Å². The first kappa shape index (κ1) is 22.1. The molecular weight excluding hydrogens is 430 g/mol. The van der Waals surface area contributed by atoms with Crippen LogP contribution in [0.15, 0.2) is 51.1 Å². The number of amides is 1. The highest BCUT2D eigenvalue weighted by Crippen LogP contribution is 2.37. The molecule has 1 N–H and O–H groups in total. The van der Waals surface area contributed by atoms with E-state index in [1.807, 2.05) is 32.0 Å². The van der Waals surface area contributed by atoms with E-state index in [0.29, 0.717) is 4.90 Å². The van der Waals surface area contributed by atoms with E-state index in [1.165, 1.54) is 28.2 Å². The Balaban J connectivity index is 1.99. The molecule has 1 heterocycles. The molecule has 1 saturated heterocycles. The van der Waals surface area contributed by atoms with Gasteiger partial charge >= 0.3 is 6.09 Å². The van der Waals surface area contributed by atoms with Gasteiger partial charge in [0.25, 0.3) is 5.69 Å². The second-order valence-electron chi connectivity index (χ2n) is 6.99. The van der Waals surface area contributed by atoms with Crippen molar-refractivity contribution in [3.63, 3.8) is 0 Å². The van der Waals surface area contributed by atoms with Gasteiger partial charge < -0.3 is 10.0 Å². The van der Waals surface area contributed by atoms with Crippen LogP contribution >= 0.6 is 11.8 Å². The SMILES string of the molecule is Cc1cc(C)cc(Sc2ccc([N+](=O)[O-])cc2S(=O)(=O)N2CCN(C(=O)O)CC2)c1. The zero-order valence-corrected chi connectivity index (χ0v) is 18.1. The average molecular weight is 452 g/mol. The number of piperazine rings is 1. The third-order valence-electron chi connectivity index (χ3n) is 4.69. The number of nitro benzene ring substituents is 1. The summed E-state index contributed by atoms with van der Waals surface area (Å²) in [4.78, 5) is 23.9. The molecule has 0 spiro atoms. The summed E-state index contributed by atoms with van der Waals surface area (Å²) in [5.41, 5.74) is 1.73. The van der Waals surface area contributed by atoms with Crippen molar-refractivity contribution < 1.29 is 23.2 Å². The summed E-state index contributed by atoms with van der Waals surface area (Å²) in [5.74, 6) is 0. The van der Waals surface area contributed by atoms with Crippen molar-refractivity contribution in [2.75, 3.05) is 26.2 Å². The quantitative estimate of drug-likeness (QED) is 0.546. The first-order valence-corrected chi connectivity index (χ1v) is 11.4. The highest BCUT2D eigenvalue weighted by atomic mass is 32.2. The third-order valence-corrected chi connectivity index (χ3v) is 7.80. The summed E-state index contributed by atoms with van der Waals surface area (Å²) < 4.78 is 27.8. The molecule has 1 aliphatic rings. The molecule has 1 fully saturated rings. The molecule has 160 valence electrons. The van der Waals surface area contributed by atoms with Gasteiger partial charge in [-0.2, -0.15) is 4.31 Å². The number of carbonyl (C=O) groups is 1. The van der Waals surface area contributed by atoms with Crippen LogP contribution < -0.4 is 0 Å². The molecule has 0 bridgehead atoms. The molecule has 0 aliphatic carbocycles. The second kappa shape index (κ2) is 8.62. The first-order valence-electron chi connectivity index (χ1n) is 9.10. The van der Waals surface area contributed by atoms with Gasteiger partial charge in [0, 0.05) is 48.1 Å². The van der Waals surface area contributed by atoms with Gasteiger partial charge in [0.15, 0.2) is 0 Å². The number of aryl methyl sites for hydroxylation is 2. The number of nitrogens with zero attached hydrogens (tertiary/aromatic N) is 3. The Morgan fingerprint density at radius 3 is 2.20 bits per heavy atom. The van der Waals surface area contributed by atoms with E-state index >= 15 is 0 Å². The van der Waals surface area contributed by atoms with Gasteiger partial charge in [0.05, 0.1) is 4.92 Å². The fourth-order valence-electron chi connectivity index (χ4n) is 3.27. The van der Waals surface area contributed by atoms with E-state index in [2.05, 4.69) is 0 Å². The molecule has 0 atom stereocenters. The maximum atomic E-state index is 13.3. The summed E-state index contributed by atoms with van der Waals surface area (Å²) in [5, 5.41) is 20.3. The largest absolute Gasteiger partial charge is 0.465 e. The third kappa shape index (κ3) is 4.74. The number of sulfonamides is 1. The molecule has 3 rings (SSSR count). The van der Waals surface area contributed by atoms with E-state index < -0.39 is 21.0 Å². The van der Waals surface area contributed by atoms with E-state index in [0.717, 1.165) is 27.0 Å². The summed E-state index contributed by atoms with van der Waals surface area (Å²) in [7, 11) is -4.05. The standard InChI is InChI=1S/C19H21N3O6S2/c1-13-9-14(2)11-16(10-13)29-17-4-3-15(22(25)26)12-18(17)30(27,28)21-7-5-20(6-8-21)19(23)24/h3-4,9-12H,5-8H2,1-2H3,(H,23,24). The minimum atomic E-state index is -4.05. The lowest BCUT2D eigenvalue weighted by Gasteiger charge is -2.32. The number of rotatable bonds is 5. The molecule has 9 nitrogen and oxygen atoms in total. The van der Waals surface area contributed by atoms with Gasteiger partial charge in [-0.05, 0) is 43.2 Å². The van der Waals surface area contributed by atoms with Crippen LogP contribution in [0, 0.1) is 24.0 Å². The zero-order valence-electron chi connectivity index (χ0n) is 16.4. The van der Waals surface area contributed by atoms with E-state index in [4.69, 9.17) is 5.11 Å². The van der Waals surface area contributed by atoms with Crippen molar-refractivity contribution >= 4 is 33.6 Å². The summed E-state index contributed by atoms with van der Waals surface area (Å²) in [6.07, 6.45) is -1.10. The molecule has 0 unspecified atom stereocenters. The van der Waals surface area contributed by atoms with Gasteiger partial charge in [-0.25, -0.2) is 13.2 Å². The van der Waals surface area contributed by atoms with Crippen LogP contribution in [0.4, 0.5) is 10.5 Å². The second-order valence-corrected chi connectivity index (χ2v) is 10.0. The van der Waals surface area contributed by atoms with Gasteiger partial charge in [-0.3, -0.25) is 10.1 Å². The van der Waals surface area contributed by atoms with Gasteiger partial charge in [0.1, 0.15) is 4.90 Å². The normalized spacial score (nSPS) is 15.2. The van der Waals surface area contributed by atoms with E-state index in [-0.39, 0.29) is 36.8 Å². The highest BCUT2D eigenvalue weighted by molar-refractivity contribution is 8.00. The molecule has 1 aliphatic heterocycles. The van der Waals surface area contributed by atoms with Gasteiger partial charge in [0.2, 0.25) is 10.0 Å². The van der Waals surface area contributed by atoms with Crippen LogP contribution in [0.5, 0.6) is 0 Å². The summed E-state index contributed by atoms with van der Waals surface area (Å²) >= 11 is 1.23. The Morgan fingerprint density at radius 2 is 1.67 bits per heavy atom. The molecule has 2 aromatic carbocycles. The van der Waals surface area contributed by atoms with Crippen molar-refractivity contribution in [1.29, 1.82) is 0 Å². The summed E-state index contributed by atoms with van der Waals surface area (Å²) in [6, 6.07) is 9.64. The summed E-state index contributed by atoms with van der Waals surface area (Å²) in [6.45, 7) is 3.95. The van der Waals surface area contributed by atoms with Crippen LogP contribution in [-0.4, -0.2) is 59.9 Å². The number of carboxylic acid groups (broad SMARTS) is 1. The lowest BCUT2D eigenvalue weighted by Crippen LogP contribution is -2.50. The smallest absolute Gasteiger partial charge is 0.407 e. The molecule has 1 amide bonds. The average Bonchev–Trinajstić information content (AvgIpc) is 2.67. The molecule has 0 radical (unpaired) electrons. The Kier molecular flexibility index (Phi) is 6.34. The molecule has 11 heteroatoms. The first-order chi connectivity index (χ1) is 14.1. The predicted octanol–water partition coefficient (Wildman–Crippen LogP) is 3.35. The lowest BCUT2D eigenvalue weighted by atomic mass is 10.2. The van der Waals surface area contributed by atoms with Crippen LogP contribution in [0.1, 0.15) is 11.1 Å². The van der Waals surface area contributed by atoms with Crippen LogP contribution in [0.3, 0.4) is 0 Å². The Labute approximate surface area is 178 Å². The van der Waals surface area contributed by atoms with E-state index in [9.17, 15) is 23.3 Å². The number of hydrogen-bond donors (Lipinski definition) is 1. The van der Waals surface area contributed by atoms with Crippen molar-refractivity contribution in [2.24, 2.45) is 0 Å². The minimum Gasteiger partial charge on any atom is -0.465 e. The van der Waals surface area contributed by atoms with E-state index in [1.54, 1.807) is 0 Å². The van der Waals surface area contributed by atoms with Crippen molar-refractivity contribution in [3.05, 3.63) is 57.6 Å². The molecule has 0 saturated carbocycles. The maximum Gasteiger partial charge on any atom is 0.407 e. The maximum absolute atomic E-state index is 13.3. The lowest BCUT2D eigenvalue weighted by molar-refractivity contribution is -0.385. The monoisotopic (exact) mass is 451 g/mol. The molecule has 30 heavy (non-hydrogen) atoms. The number of nitro groups is 1. The van der Waals surface area contributed by atoms with Crippen LogP contribution in [-0.2, 0) is 10.0 Å². The highest BCUT2D eigenvalue weighted by Gasteiger charge is 2.33. The minimum absolute atomic E-state index is 0.00894. The molecule has 0 aromatic heterocycles. The van der Waals surface area contributed by atoms with Crippen molar-refractivity contribution in [1.82, 2.24) is 9.21 Å². The molecular formula is C19H21N3O6S2. The number of benzene rings is 2. The predicted molar refractivity (Wildman–Crippen MR) is 111 cm³/mol.